The molecule has 108 valence electrons. The maximum Gasteiger partial charge on any atom is 0.123 e. The first-order valence-corrected chi connectivity index (χ1v) is 7.44. The molecule has 2 aromatic rings. The van der Waals surface area contributed by atoms with E-state index >= 15 is 0 Å². The Hall–Kier alpha value is -1.76. The van der Waals surface area contributed by atoms with Gasteiger partial charge < -0.3 is 4.74 Å². The van der Waals surface area contributed by atoms with E-state index in [1.165, 1.54) is 16.7 Å². The summed E-state index contributed by atoms with van der Waals surface area (Å²) in [6.07, 6.45) is 0. The number of ether oxygens (including phenoxy) is 1. The van der Waals surface area contributed by atoms with Crippen LogP contribution in [0.25, 0.3) is 0 Å². The van der Waals surface area contributed by atoms with Gasteiger partial charge in [-0.05, 0) is 30.0 Å². The van der Waals surface area contributed by atoms with E-state index < -0.39 is 0 Å². The Kier molecular flexibility index (Phi) is 6.86. The molecular formula is C19H26O. The first kappa shape index (κ1) is 16.3. The fourth-order valence-electron chi connectivity index (χ4n) is 1.99. The fraction of sp³-hybridized carbons (Fsp3) is 0.368. The summed E-state index contributed by atoms with van der Waals surface area (Å²) < 4.78 is 5.94. The molecule has 0 unspecified atom stereocenters. The summed E-state index contributed by atoms with van der Waals surface area (Å²) in [6.45, 7) is 11.1. The van der Waals surface area contributed by atoms with Crippen molar-refractivity contribution in [2.45, 2.75) is 47.1 Å². The summed E-state index contributed by atoms with van der Waals surface area (Å²) in [5, 5.41) is 0. The van der Waals surface area contributed by atoms with Gasteiger partial charge in [-0.2, -0.15) is 0 Å². The largest absolute Gasteiger partial charge is 0.489 e. The molecule has 0 bridgehead atoms. The molecule has 0 amide bonds. The van der Waals surface area contributed by atoms with Gasteiger partial charge in [0.2, 0.25) is 0 Å². The third-order valence-corrected chi connectivity index (χ3v) is 3.02. The van der Waals surface area contributed by atoms with Gasteiger partial charge in [-0.15, -0.1) is 0 Å². The van der Waals surface area contributed by atoms with E-state index in [0.717, 1.165) is 5.75 Å². The van der Waals surface area contributed by atoms with Crippen LogP contribution in [0.3, 0.4) is 0 Å². The molecule has 0 N–H and O–H groups in total. The standard InChI is InChI=1S/C17H20O.C2H6/c1-13(2)16-11-14(3)9-10-17(16)18-12-15-7-5-4-6-8-15;1-2/h4-11,13H,12H2,1-3H3;1-2H3. The lowest BCUT2D eigenvalue weighted by atomic mass is 10.00. The maximum atomic E-state index is 5.94. The topological polar surface area (TPSA) is 9.23 Å². The summed E-state index contributed by atoms with van der Waals surface area (Å²) in [7, 11) is 0. The van der Waals surface area contributed by atoms with Gasteiger partial charge in [0.1, 0.15) is 12.4 Å². The quantitative estimate of drug-likeness (QED) is 0.690. The van der Waals surface area contributed by atoms with Crippen LogP contribution in [0, 0.1) is 6.92 Å². The van der Waals surface area contributed by atoms with Crippen molar-refractivity contribution in [1.29, 1.82) is 0 Å². The number of hydrogen-bond acceptors (Lipinski definition) is 1. The van der Waals surface area contributed by atoms with Crippen LogP contribution in [0.1, 0.15) is 50.3 Å². The number of aryl methyl sites for hydroxylation is 1. The van der Waals surface area contributed by atoms with E-state index in [9.17, 15) is 0 Å². The van der Waals surface area contributed by atoms with Crippen molar-refractivity contribution in [1.82, 2.24) is 0 Å². The smallest absolute Gasteiger partial charge is 0.123 e. The summed E-state index contributed by atoms with van der Waals surface area (Å²) in [5.74, 6) is 1.48. The van der Waals surface area contributed by atoms with Gasteiger partial charge in [0.15, 0.2) is 0 Å². The Labute approximate surface area is 123 Å². The van der Waals surface area contributed by atoms with E-state index in [2.05, 4.69) is 51.1 Å². The summed E-state index contributed by atoms with van der Waals surface area (Å²) in [5.41, 5.74) is 3.77. The lowest BCUT2D eigenvalue weighted by Gasteiger charge is -2.15. The zero-order chi connectivity index (χ0) is 15.0. The van der Waals surface area contributed by atoms with Crippen LogP contribution < -0.4 is 4.74 Å². The van der Waals surface area contributed by atoms with Crippen LogP contribution in [0.15, 0.2) is 48.5 Å². The van der Waals surface area contributed by atoms with Gasteiger partial charge in [0.05, 0.1) is 0 Å². The Bertz CT molecular complexity index is 500. The van der Waals surface area contributed by atoms with Crippen molar-refractivity contribution >= 4 is 0 Å². The fourth-order valence-corrected chi connectivity index (χ4v) is 1.99. The predicted octanol–water partition coefficient (Wildman–Crippen LogP) is 5.72. The lowest BCUT2D eigenvalue weighted by molar-refractivity contribution is 0.301. The molecule has 1 nitrogen and oxygen atoms in total. The first-order valence-electron chi connectivity index (χ1n) is 7.44. The normalized spacial score (nSPS) is 9.90. The van der Waals surface area contributed by atoms with Gasteiger partial charge in [-0.1, -0.05) is 75.7 Å². The second-order valence-corrected chi connectivity index (χ2v) is 4.97. The van der Waals surface area contributed by atoms with Crippen molar-refractivity contribution in [3.8, 4) is 5.75 Å². The zero-order valence-electron chi connectivity index (χ0n) is 13.3. The van der Waals surface area contributed by atoms with Crippen LogP contribution in [-0.2, 0) is 6.61 Å². The Morgan fingerprint density at radius 2 is 1.60 bits per heavy atom. The molecular weight excluding hydrogens is 244 g/mol. The second kappa shape index (κ2) is 8.42. The van der Waals surface area contributed by atoms with E-state index in [-0.39, 0.29) is 0 Å². The highest BCUT2D eigenvalue weighted by molar-refractivity contribution is 5.39. The molecule has 2 rings (SSSR count). The van der Waals surface area contributed by atoms with Crippen LogP contribution in [0.4, 0.5) is 0 Å². The molecule has 0 aliphatic carbocycles. The lowest BCUT2D eigenvalue weighted by Crippen LogP contribution is -2.00. The average molecular weight is 270 g/mol. The van der Waals surface area contributed by atoms with Crippen LogP contribution in [0.5, 0.6) is 5.75 Å². The van der Waals surface area contributed by atoms with E-state index in [4.69, 9.17) is 4.74 Å². The highest BCUT2D eigenvalue weighted by atomic mass is 16.5. The summed E-state index contributed by atoms with van der Waals surface area (Å²) in [4.78, 5) is 0. The highest BCUT2D eigenvalue weighted by Crippen LogP contribution is 2.28. The third kappa shape index (κ3) is 4.73. The van der Waals surface area contributed by atoms with Gasteiger partial charge >= 0.3 is 0 Å². The minimum Gasteiger partial charge on any atom is -0.489 e. The van der Waals surface area contributed by atoms with Crippen molar-refractivity contribution in [3.63, 3.8) is 0 Å². The van der Waals surface area contributed by atoms with Crippen molar-refractivity contribution in [3.05, 3.63) is 65.2 Å². The first-order chi connectivity index (χ1) is 9.66. The molecule has 0 heterocycles. The van der Waals surface area contributed by atoms with Crippen molar-refractivity contribution < 1.29 is 4.74 Å². The van der Waals surface area contributed by atoms with Crippen molar-refractivity contribution in [2.24, 2.45) is 0 Å². The van der Waals surface area contributed by atoms with E-state index in [0.29, 0.717) is 12.5 Å². The monoisotopic (exact) mass is 270 g/mol. The molecule has 0 saturated heterocycles. The SMILES string of the molecule is CC.Cc1ccc(OCc2ccccc2)c(C(C)C)c1. The van der Waals surface area contributed by atoms with Gasteiger partial charge in [-0.25, -0.2) is 0 Å². The van der Waals surface area contributed by atoms with Gasteiger partial charge in [0, 0.05) is 0 Å². The number of hydrogen-bond donors (Lipinski definition) is 0. The molecule has 0 fully saturated rings. The van der Waals surface area contributed by atoms with Crippen LogP contribution in [0.2, 0.25) is 0 Å². The maximum absolute atomic E-state index is 5.94. The molecule has 0 radical (unpaired) electrons. The van der Waals surface area contributed by atoms with Crippen molar-refractivity contribution in [2.75, 3.05) is 0 Å². The molecule has 0 aliphatic heterocycles. The Morgan fingerprint density at radius 1 is 0.950 bits per heavy atom. The van der Waals surface area contributed by atoms with Crippen LogP contribution >= 0.6 is 0 Å². The van der Waals surface area contributed by atoms with Gasteiger partial charge in [-0.3, -0.25) is 0 Å². The minimum atomic E-state index is 0.482. The molecule has 0 atom stereocenters. The average Bonchev–Trinajstić information content (AvgIpc) is 2.49. The molecule has 0 aliphatic rings. The third-order valence-electron chi connectivity index (χ3n) is 3.02. The molecule has 2 aromatic carbocycles. The summed E-state index contributed by atoms with van der Waals surface area (Å²) >= 11 is 0. The van der Waals surface area contributed by atoms with E-state index in [1.807, 2.05) is 32.0 Å². The molecule has 1 heteroatoms. The minimum absolute atomic E-state index is 0.482. The van der Waals surface area contributed by atoms with E-state index in [1.54, 1.807) is 0 Å². The van der Waals surface area contributed by atoms with Crippen LogP contribution in [-0.4, -0.2) is 0 Å². The molecule has 0 saturated carbocycles. The molecule has 20 heavy (non-hydrogen) atoms. The second-order valence-electron chi connectivity index (χ2n) is 4.97. The number of rotatable bonds is 4. The highest BCUT2D eigenvalue weighted by Gasteiger charge is 2.08. The number of benzene rings is 2. The van der Waals surface area contributed by atoms with Gasteiger partial charge in [0.25, 0.3) is 0 Å². The molecule has 0 spiro atoms. The Morgan fingerprint density at radius 3 is 2.20 bits per heavy atom. The summed E-state index contributed by atoms with van der Waals surface area (Å²) in [6, 6.07) is 16.7. The molecule has 0 aromatic heterocycles. The Balaban J connectivity index is 0.000000956. The predicted molar refractivity (Wildman–Crippen MR) is 87.4 cm³/mol. The zero-order valence-corrected chi connectivity index (χ0v) is 13.3.